The van der Waals surface area contributed by atoms with Crippen molar-refractivity contribution in [3.05, 3.63) is 146 Å². The van der Waals surface area contributed by atoms with E-state index >= 15 is 0 Å². The minimum absolute atomic E-state index is 0.0869. The summed E-state index contributed by atoms with van der Waals surface area (Å²) in [6, 6.07) is 0. The summed E-state index contributed by atoms with van der Waals surface area (Å²) in [5.41, 5.74) is 0. The van der Waals surface area contributed by atoms with E-state index in [1.54, 1.807) is 0 Å². The molecule has 0 aliphatic carbocycles. The summed E-state index contributed by atoms with van der Waals surface area (Å²) < 4.78 is 61.3. The number of ether oxygens (including phenoxy) is 3. The van der Waals surface area contributed by atoms with E-state index in [0.29, 0.717) is 19.3 Å². The summed E-state index contributed by atoms with van der Waals surface area (Å²) in [5.74, 6) is -1.58. The molecule has 0 aromatic rings. The fourth-order valence-corrected chi connectivity index (χ4v) is 13.5. The predicted octanol–water partition coefficient (Wildman–Crippen LogP) is 26.8. The van der Waals surface area contributed by atoms with Gasteiger partial charge < -0.3 is 34.2 Å². The van der Waals surface area contributed by atoms with Gasteiger partial charge in [-0.3, -0.25) is 32.5 Å². The largest absolute Gasteiger partial charge is 0.472 e. The molecule has 0 amide bonds. The zero-order valence-electron chi connectivity index (χ0n) is 70.1. The van der Waals surface area contributed by atoms with Gasteiger partial charge in [0.15, 0.2) is 6.10 Å². The van der Waals surface area contributed by atoms with Crippen LogP contribution in [0.3, 0.4) is 0 Å². The van der Waals surface area contributed by atoms with Crippen LogP contribution in [0.4, 0.5) is 0 Å². The number of aliphatic hydroxyl groups is 2. The first-order chi connectivity index (χ1) is 54.2. The van der Waals surface area contributed by atoms with Crippen LogP contribution in [0.2, 0.25) is 0 Å². The smallest absolute Gasteiger partial charge is 0.463 e. The van der Waals surface area contributed by atoms with E-state index in [0.717, 1.165) is 167 Å². The molecular formula is C93H160O16P2. The quantitative estimate of drug-likeness (QED) is 0.0146. The highest BCUT2D eigenvalue weighted by molar-refractivity contribution is 7.47. The molecule has 0 aromatic carbocycles. The first kappa shape index (κ1) is 106. The van der Waals surface area contributed by atoms with Gasteiger partial charge in [0, 0.05) is 19.3 Å². The molecule has 0 aromatic heterocycles. The molecule has 0 spiro atoms. The van der Waals surface area contributed by atoms with Gasteiger partial charge in [0.1, 0.15) is 25.4 Å². The van der Waals surface area contributed by atoms with Crippen LogP contribution in [0, 0.1) is 0 Å². The van der Waals surface area contributed by atoms with E-state index < -0.39 is 91.5 Å². The van der Waals surface area contributed by atoms with Crippen LogP contribution >= 0.6 is 15.6 Å². The molecule has 16 nitrogen and oxygen atoms in total. The lowest BCUT2D eigenvalue weighted by atomic mass is 10.0. The highest BCUT2D eigenvalue weighted by Crippen LogP contribution is 2.45. The van der Waals surface area contributed by atoms with Crippen molar-refractivity contribution in [3.8, 4) is 0 Å². The molecule has 0 rings (SSSR count). The highest BCUT2D eigenvalue weighted by atomic mass is 31.2. The Morgan fingerprint density at radius 3 is 0.757 bits per heavy atom. The van der Waals surface area contributed by atoms with E-state index in [1.807, 2.05) is 0 Å². The second kappa shape index (κ2) is 84.8. The zero-order chi connectivity index (χ0) is 80.8. The van der Waals surface area contributed by atoms with E-state index in [-0.39, 0.29) is 19.3 Å². The van der Waals surface area contributed by atoms with Gasteiger partial charge >= 0.3 is 33.6 Å². The first-order valence-corrected chi connectivity index (χ1v) is 47.1. The Balaban J connectivity index is 4.41. The van der Waals surface area contributed by atoms with Gasteiger partial charge in [-0.25, -0.2) is 9.13 Å². The lowest BCUT2D eigenvalue weighted by molar-refractivity contribution is -0.161. The number of hydrogen-bond acceptors (Lipinski definition) is 14. The fraction of sp³-hybridized carbons (Fsp3) is 0.710. The lowest BCUT2D eigenvalue weighted by Crippen LogP contribution is -2.30. The Labute approximate surface area is 677 Å². The van der Waals surface area contributed by atoms with Crippen LogP contribution in [-0.4, -0.2) is 95.9 Å². The van der Waals surface area contributed by atoms with Gasteiger partial charge in [0.05, 0.1) is 26.4 Å². The number of unbranched alkanes of at least 4 members (excludes halogenated alkanes) is 36. The number of rotatable bonds is 83. The number of allylic oxidation sites excluding steroid dienone is 24. The fourth-order valence-electron chi connectivity index (χ4n) is 11.9. The molecule has 0 fully saturated rings. The highest BCUT2D eigenvalue weighted by Gasteiger charge is 2.29. The monoisotopic (exact) mass is 1600 g/mol. The number of phosphoric ester groups is 2. The number of carbonyl (C=O) groups is 3. The maximum atomic E-state index is 13.0. The van der Waals surface area contributed by atoms with Crippen molar-refractivity contribution in [2.75, 3.05) is 39.6 Å². The summed E-state index contributed by atoms with van der Waals surface area (Å²) in [6.07, 6.45) is 106. The second-order valence-corrected chi connectivity index (χ2v) is 32.2. The number of aliphatic hydroxyl groups excluding tert-OH is 2. The Bertz CT molecular complexity index is 2600. The van der Waals surface area contributed by atoms with Gasteiger partial charge in [-0.15, -0.1) is 0 Å². The molecule has 111 heavy (non-hydrogen) atoms. The molecule has 0 aliphatic heterocycles. The molecule has 18 heteroatoms. The SMILES string of the molecule is CC/C=C\C/C=C\C/C=C\C/C=C\C/C=C\CCCCCCCCCCCCCCCCCCCC(=O)OCC(O)COP(=O)(O)OCC(O)COP(=O)(O)OCC(COC(=O)CCCCCCCCCCCCCCC/C=C\C/C=C\C/C=C\C/C=C\C/C=C\CC)OC(=O)CCCCCCC/C=C\C/C=C\CCC. The molecule has 4 N–H and O–H groups in total. The minimum Gasteiger partial charge on any atom is -0.463 e. The van der Waals surface area contributed by atoms with Crippen LogP contribution in [0.1, 0.15) is 367 Å². The molecule has 0 saturated carbocycles. The summed E-state index contributed by atoms with van der Waals surface area (Å²) in [5, 5.41) is 20.7. The van der Waals surface area contributed by atoms with Crippen molar-refractivity contribution >= 4 is 33.6 Å². The van der Waals surface area contributed by atoms with Gasteiger partial charge in [-0.2, -0.15) is 0 Å². The number of phosphoric acid groups is 2. The zero-order valence-corrected chi connectivity index (χ0v) is 71.9. The Morgan fingerprint density at radius 1 is 0.261 bits per heavy atom. The molecule has 0 saturated heterocycles. The Hall–Kier alpha value is -4.57. The summed E-state index contributed by atoms with van der Waals surface area (Å²) in [6.45, 7) is 2.41. The molecule has 0 heterocycles. The predicted molar refractivity (Wildman–Crippen MR) is 463 cm³/mol. The third kappa shape index (κ3) is 86.1. The molecule has 5 atom stereocenters. The van der Waals surface area contributed by atoms with Crippen molar-refractivity contribution in [1.82, 2.24) is 0 Å². The average molecular weight is 1600 g/mol. The lowest BCUT2D eigenvalue weighted by Gasteiger charge is -2.21. The molecular weight excluding hydrogens is 1430 g/mol. The molecule has 0 radical (unpaired) electrons. The Morgan fingerprint density at radius 2 is 0.477 bits per heavy atom. The van der Waals surface area contributed by atoms with Gasteiger partial charge in [-0.05, 0) is 135 Å². The van der Waals surface area contributed by atoms with Crippen LogP contribution < -0.4 is 0 Å². The molecule has 5 unspecified atom stereocenters. The van der Waals surface area contributed by atoms with Crippen molar-refractivity contribution in [2.45, 2.75) is 386 Å². The number of carbonyl (C=O) groups excluding carboxylic acids is 3. The maximum Gasteiger partial charge on any atom is 0.472 e. The maximum absolute atomic E-state index is 13.0. The average Bonchev–Trinajstić information content (AvgIpc) is 0.978. The molecule has 638 valence electrons. The van der Waals surface area contributed by atoms with E-state index in [1.165, 1.54) is 141 Å². The summed E-state index contributed by atoms with van der Waals surface area (Å²) >= 11 is 0. The van der Waals surface area contributed by atoms with E-state index in [2.05, 4.69) is 167 Å². The first-order valence-electron chi connectivity index (χ1n) is 44.1. The van der Waals surface area contributed by atoms with E-state index in [4.69, 9.17) is 32.3 Å². The number of esters is 3. The number of hydrogen-bond donors (Lipinski definition) is 4. The summed E-state index contributed by atoms with van der Waals surface area (Å²) in [4.78, 5) is 58.8. The van der Waals surface area contributed by atoms with Crippen molar-refractivity contribution in [2.24, 2.45) is 0 Å². The van der Waals surface area contributed by atoms with Gasteiger partial charge in [-0.1, -0.05) is 359 Å². The van der Waals surface area contributed by atoms with Crippen LogP contribution in [0.15, 0.2) is 146 Å². The molecule has 0 aliphatic rings. The minimum atomic E-state index is -4.94. The van der Waals surface area contributed by atoms with Crippen LogP contribution in [0.5, 0.6) is 0 Å². The third-order valence-corrected chi connectivity index (χ3v) is 20.4. The van der Waals surface area contributed by atoms with Crippen LogP contribution in [-0.2, 0) is 55.8 Å². The standard InChI is InChI=1S/C93H160O16P2/c1-4-7-10-13-16-19-22-25-27-29-31-33-35-37-39-41-42-43-44-46-48-49-51-53-55-57-59-62-64-67-70-73-76-79-91(96)103-82-88(94)83-105-110(99,100)106-84-89(95)85-107-111(101,102)108-87-90(109-93(98)81-78-75-72-69-66-61-24-21-18-15-12-9-6-3)86-104-92(97)80-77-74-71-68-65-63-60-58-56-54-52-50-47-45-40-38-36-34-32-30-28-26-23-20-17-14-11-8-5-2/h7-8,10-12,15-17,19-21,24-28,31-34,37-40,88-90,94-95H,4-6,9,13-14,18,22-23,29-30,35-36,41-87H2,1-3H3,(H,99,100)(H,101,102)/b10-7-,11-8-,15-12-,19-16-,20-17-,24-21-,27-25-,28-26-,33-31-,34-32-,39-37-,40-38-. The third-order valence-electron chi connectivity index (χ3n) is 18.5. The second-order valence-electron chi connectivity index (χ2n) is 29.3. The summed E-state index contributed by atoms with van der Waals surface area (Å²) in [7, 11) is -9.80. The van der Waals surface area contributed by atoms with Crippen molar-refractivity contribution in [3.63, 3.8) is 0 Å². The van der Waals surface area contributed by atoms with E-state index in [9.17, 15) is 43.5 Å². The van der Waals surface area contributed by atoms with Crippen molar-refractivity contribution < 1.29 is 75.8 Å². The van der Waals surface area contributed by atoms with Crippen LogP contribution in [0.25, 0.3) is 0 Å². The Kier molecular flexibility index (Phi) is 81.3. The van der Waals surface area contributed by atoms with Gasteiger partial charge in [0.2, 0.25) is 0 Å². The topological polar surface area (TPSA) is 231 Å². The van der Waals surface area contributed by atoms with Crippen molar-refractivity contribution in [1.29, 1.82) is 0 Å². The van der Waals surface area contributed by atoms with Gasteiger partial charge in [0.25, 0.3) is 0 Å². The molecule has 0 bridgehead atoms. The normalized spacial score (nSPS) is 14.5.